The van der Waals surface area contributed by atoms with Crippen molar-refractivity contribution in [2.24, 2.45) is 5.73 Å². The van der Waals surface area contributed by atoms with Gasteiger partial charge in [-0.2, -0.15) is 11.8 Å². The van der Waals surface area contributed by atoms with E-state index in [4.69, 9.17) is 10.5 Å². The summed E-state index contributed by atoms with van der Waals surface area (Å²) in [4.78, 5) is 27.0. The van der Waals surface area contributed by atoms with E-state index in [9.17, 15) is 9.59 Å². The second-order valence-corrected chi connectivity index (χ2v) is 6.09. The number of nitrogens with zero attached hydrogens (tertiary/aromatic N) is 1. The lowest BCUT2D eigenvalue weighted by Gasteiger charge is -2.07. The van der Waals surface area contributed by atoms with Crippen LogP contribution in [0.1, 0.15) is 23.7 Å². The molecule has 0 aliphatic carbocycles. The lowest BCUT2D eigenvalue weighted by atomic mass is 10.2. The van der Waals surface area contributed by atoms with Gasteiger partial charge in [0, 0.05) is 11.6 Å². The lowest BCUT2D eigenvalue weighted by molar-refractivity contribution is -0.113. The molecule has 0 radical (unpaired) electrons. The Morgan fingerprint density at radius 1 is 1.29 bits per heavy atom. The fourth-order valence-corrected chi connectivity index (χ4v) is 2.55. The summed E-state index contributed by atoms with van der Waals surface area (Å²) >= 11 is 1.59. The largest absolute Gasteiger partial charge is 0.439 e. The molecule has 0 spiro atoms. The molecule has 2 aromatic rings. The quantitative estimate of drug-likeness (QED) is 0.717. The summed E-state index contributed by atoms with van der Waals surface area (Å²) in [5.41, 5.74) is 6.20. The number of carbonyl (C=O) groups is 2. The number of primary amides is 1. The van der Waals surface area contributed by atoms with Gasteiger partial charge in [-0.1, -0.05) is 13.0 Å². The van der Waals surface area contributed by atoms with Crippen LogP contribution in [0.3, 0.4) is 0 Å². The predicted molar refractivity (Wildman–Crippen MR) is 95.5 cm³/mol. The van der Waals surface area contributed by atoms with Crippen molar-refractivity contribution < 1.29 is 14.3 Å². The summed E-state index contributed by atoms with van der Waals surface area (Å²) in [6.45, 7) is 2.08. The van der Waals surface area contributed by atoms with Crippen LogP contribution in [-0.4, -0.2) is 28.3 Å². The van der Waals surface area contributed by atoms with Crippen LogP contribution in [0.15, 0.2) is 42.6 Å². The predicted octanol–water partition coefficient (Wildman–Crippen LogP) is 3.05. The zero-order chi connectivity index (χ0) is 17.4. The Morgan fingerprint density at radius 3 is 2.79 bits per heavy atom. The number of hydrogen-bond donors (Lipinski definition) is 2. The first-order chi connectivity index (χ1) is 11.6. The van der Waals surface area contributed by atoms with E-state index in [1.165, 1.54) is 6.20 Å². The van der Waals surface area contributed by atoms with E-state index < -0.39 is 5.91 Å². The van der Waals surface area contributed by atoms with Crippen LogP contribution in [0.2, 0.25) is 0 Å². The zero-order valence-corrected chi connectivity index (χ0v) is 14.1. The van der Waals surface area contributed by atoms with Gasteiger partial charge in [0.2, 0.25) is 17.7 Å². The van der Waals surface area contributed by atoms with E-state index in [0.717, 1.165) is 12.2 Å². The van der Waals surface area contributed by atoms with Crippen LogP contribution >= 0.6 is 11.8 Å². The first-order valence-corrected chi connectivity index (χ1v) is 8.65. The van der Waals surface area contributed by atoms with Gasteiger partial charge in [0.25, 0.3) is 0 Å². The number of carbonyl (C=O) groups excluding carboxylic acids is 2. The molecule has 3 N–H and O–H groups in total. The highest BCUT2D eigenvalue weighted by atomic mass is 32.2. The molecule has 0 saturated carbocycles. The van der Waals surface area contributed by atoms with Crippen LogP contribution in [0, 0.1) is 0 Å². The normalized spacial score (nSPS) is 10.2. The number of rotatable bonds is 8. The molecule has 2 amide bonds. The molecule has 0 fully saturated rings. The van der Waals surface area contributed by atoms with Gasteiger partial charge in [0.05, 0.1) is 17.6 Å². The molecule has 126 valence electrons. The summed E-state index contributed by atoms with van der Waals surface area (Å²) in [6, 6.07) is 9.89. The highest BCUT2D eigenvalue weighted by molar-refractivity contribution is 7.99. The Bertz CT molecular complexity index is 704. The molecule has 0 saturated heterocycles. The molecular formula is C17H19N3O3S. The average Bonchev–Trinajstić information content (AvgIpc) is 2.57. The summed E-state index contributed by atoms with van der Waals surface area (Å²) in [7, 11) is 0. The molecule has 1 aromatic heterocycles. The third-order valence-corrected chi connectivity index (χ3v) is 4.11. The molecule has 6 nitrogen and oxygen atoms in total. The minimum atomic E-state index is -0.521. The van der Waals surface area contributed by atoms with Crippen molar-refractivity contribution in [2.75, 3.05) is 16.8 Å². The van der Waals surface area contributed by atoms with Crippen molar-refractivity contribution in [1.82, 2.24) is 4.98 Å². The molecule has 0 aliphatic rings. The van der Waals surface area contributed by atoms with E-state index >= 15 is 0 Å². The van der Waals surface area contributed by atoms with Gasteiger partial charge in [-0.15, -0.1) is 0 Å². The van der Waals surface area contributed by atoms with Crippen LogP contribution in [0.25, 0.3) is 0 Å². The van der Waals surface area contributed by atoms with Gasteiger partial charge in [0.15, 0.2) is 0 Å². The summed E-state index contributed by atoms with van der Waals surface area (Å²) in [5.74, 6) is 1.63. The van der Waals surface area contributed by atoms with E-state index in [0.29, 0.717) is 28.6 Å². The molecule has 1 heterocycles. The second-order valence-electron chi connectivity index (χ2n) is 4.98. The van der Waals surface area contributed by atoms with Gasteiger partial charge in [-0.25, -0.2) is 4.98 Å². The highest BCUT2D eigenvalue weighted by Crippen LogP contribution is 2.21. The fraction of sp³-hybridized carbons (Fsp3) is 0.235. The molecule has 0 unspecified atom stereocenters. The topological polar surface area (TPSA) is 94.3 Å². The second kappa shape index (κ2) is 8.93. The van der Waals surface area contributed by atoms with Crippen LogP contribution < -0.4 is 15.8 Å². The minimum absolute atomic E-state index is 0.0573. The minimum Gasteiger partial charge on any atom is -0.439 e. The average molecular weight is 345 g/mol. The molecule has 2 rings (SSSR count). The number of nitrogens with one attached hydrogen (secondary N) is 1. The SMILES string of the molecule is CCCSCC(=O)Nc1ccc(Oc2cccc(C(N)=O)c2)nc1. The van der Waals surface area contributed by atoms with Crippen molar-refractivity contribution in [1.29, 1.82) is 0 Å². The van der Waals surface area contributed by atoms with E-state index in [1.54, 1.807) is 48.2 Å². The van der Waals surface area contributed by atoms with Gasteiger partial charge in [-0.05, 0) is 36.4 Å². The number of aromatic nitrogens is 1. The highest BCUT2D eigenvalue weighted by Gasteiger charge is 2.06. The lowest BCUT2D eigenvalue weighted by Crippen LogP contribution is -2.14. The number of pyridine rings is 1. The maximum absolute atomic E-state index is 11.7. The maximum Gasteiger partial charge on any atom is 0.248 e. The molecule has 1 aromatic carbocycles. The zero-order valence-electron chi connectivity index (χ0n) is 13.3. The van der Waals surface area contributed by atoms with Crippen molar-refractivity contribution in [2.45, 2.75) is 13.3 Å². The van der Waals surface area contributed by atoms with Crippen molar-refractivity contribution >= 4 is 29.3 Å². The Kier molecular flexibility index (Phi) is 6.62. The van der Waals surface area contributed by atoms with Gasteiger partial charge in [0.1, 0.15) is 5.75 Å². The molecule has 0 atom stereocenters. The summed E-state index contributed by atoms with van der Waals surface area (Å²) < 4.78 is 5.57. The first kappa shape index (κ1) is 17.8. The van der Waals surface area contributed by atoms with Crippen molar-refractivity contribution in [3.05, 3.63) is 48.2 Å². The van der Waals surface area contributed by atoms with Crippen LogP contribution in [-0.2, 0) is 4.79 Å². The number of ether oxygens (including phenoxy) is 1. The third kappa shape index (κ3) is 5.58. The van der Waals surface area contributed by atoms with Crippen LogP contribution in [0.4, 0.5) is 5.69 Å². The number of benzene rings is 1. The monoisotopic (exact) mass is 345 g/mol. The maximum atomic E-state index is 11.7. The number of nitrogens with two attached hydrogens (primary N) is 1. The van der Waals surface area contributed by atoms with E-state index in [1.807, 2.05) is 0 Å². The molecule has 0 bridgehead atoms. The van der Waals surface area contributed by atoms with Crippen LogP contribution in [0.5, 0.6) is 11.6 Å². The molecular weight excluding hydrogens is 326 g/mol. The molecule has 7 heteroatoms. The van der Waals surface area contributed by atoms with Gasteiger partial charge < -0.3 is 15.8 Å². The molecule has 24 heavy (non-hydrogen) atoms. The standard InChI is InChI=1S/C17H19N3O3S/c1-2-8-24-11-15(21)20-13-6-7-16(19-10-13)23-14-5-3-4-12(9-14)17(18)22/h3-7,9-10H,2,8,11H2,1H3,(H2,18,22)(H,20,21). The summed E-state index contributed by atoms with van der Waals surface area (Å²) in [6.07, 6.45) is 2.57. The van der Waals surface area contributed by atoms with Crippen molar-refractivity contribution in [3.8, 4) is 11.6 Å². The number of thioether (sulfide) groups is 1. The number of amides is 2. The third-order valence-electron chi connectivity index (χ3n) is 2.94. The van der Waals surface area contributed by atoms with Gasteiger partial charge >= 0.3 is 0 Å². The molecule has 0 aliphatic heterocycles. The van der Waals surface area contributed by atoms with E-state index in [2.05, 4.69) is 17.2 Å². The Hall–Kier alpha value is -2.54. The summed E-state index contributed by atoms with van der Waals surface area (Å²) in [5, 5.41) is 2.78. The first-order valence-electron chi connectivity index (χ1n) is 7.50. The Morgan fingerprint density at radius 2 is 2.12 bits per heavy atom. The Balaban J connectivity index is 1.93. The number of hydrogen-bond acceptors (Lipinski definition) is 5. The van der Waals surface area contributed by atoms with Gasteiger partial charge in [-0.3, -0.25) is 9.59 Å². The van der Waals surface area contributed by atoms with Crippen molar-refractivity contribution in [3.63, 3.8) is 0 Å². The fourth-order valence-electron chi connectivity index (χ4n) is 1.85. The Labute approximate surface area is 144 Å². The number of anilines is 1. The smallest absolute Gasteiger partial charge is 0.248 e. The van der Waals surface area contributed by atoms with E-state index in [-0.39, 0.29) is 5.91 Å².